The Morgan fingerprint density at radius 3 is 2.67 bits per heavy atom. The summed E-state index contributed by atoms with van der Waals surface area (Å²) in [4.78, 5) is 27.9. The molecule has 0 unspecified atom stereocenters. The normalized spacial score (nSPS) is 12.4. The quantitative estimate of drug-likeness (QED) is 0.378. The summed E-state index contributed by atoms with van der Waals surface area (Å²) in [6.07, 6.45) is 1.29. The predicted molar refractivity (Wildman–Crippen MR) is 103 cm³/mol. The molecule has 1 atom stereocenters. The fourth-order valence-electron chi connectivity index (χ4n) is 2.89. The van der Waals surface area contributed by atoms with Crippen LogP contribution in [-0.2, 0) is 9.53 Å². The van der Waals surface area contributed by atoms with Crippen molar-refractivity contribution in [3.05, 3.63) is 76.2 Å². The van der Waals surface area contributed by atoms with Crippen molar-refractivity contribution in [1.82, 2.24) is 4.98 Å². The average Bonchev–Trinajstić information content (AvgIpc) is 2.96. The summed E-state index contributed by atoms with van der Waals surface area (Å²) < 4.78 is 18.9. The Kier molecular flexibility index (Phi) is 5.42. The lowest BCUT2D eigenvalue weighted by molar-refractivity contribution is -0.140. The molecule has 0 bridgehead atoms. The molecule has 1 N–H and O–H groups in total. The van der Waals surface area contributed by atoms with Gasteiger partial charge in [0, 0.05) is 33.8 Å². The summed E-state index contributed by atoms with van der Waals surface area (Å²) >= 11 is 5.91. The summed E-state index contributed by atoms with van der Waals surface area (Å²) in [6, 6.07) is 11.6. The van der Waals surface area contributed by atoms with E-state index in [0.29, 0.717) is 11.3 Å². The summed E-state index contributed by atoms with van der Waals surface area (Å²) in [7, 11) is 0. The van der Waals surface area contributed by atoms with E-state index < -0.39 is 17.9 Å². The highest BCUT2D eigenvalue weighted by Gasteiger charge is 2.23. The highest BCUT2D eigenvalue weighted by Crippen LogP contribution is 2.24. The highest BCUT2D eigenvalue weighted by molar-refractivity contribution is 6.32. The average molecular weight is 386 g/mol. The van der Waals surface area contributed by atoms with Crippen molar-refractivity contribution in [1.29, 1.82) is 0 Å². The maximum Gasteiger partial charge on any atom is 0.331 e. The Labute approximate surface area is 160 Å². The topological polar surface area (TPSA) is 59.2 Å². The van der Waals surface area contributed by atoms with Crippen molar-refractivity contribution < 1.29 is 18.7 Å². The SMILES string of the molecule is Cc1[nH]c2ccccc2c1C(=O)[C@@H](C)OC(=O)/C=C/c1c(F)cccc1Cl. The van der Waals surface area contributed by atoms with Crippen LogP contribution in [0, 0.1) is 12.7 Å². The minimum absolute atomic E-state index is 0.0857. The third-order valence-corrected chi connectivity index (χ3v) is 4.52. The summed E-state index contributed by atoms with van der Waals surface area (Å²) in [5.41, 5.74) is 2.12. The van der Waals surface area contributed by atoms with Gasteiger partial charge in [0.15, 0.2) is 6.10 Å². The van der Waals surface area contributed by atoms with Gasteiger partial charge in [-0.05, 0) is 38.1 Å². The molecule has 4 nitrogen and oxygen atoms in total. The molecular weight excluding hydrogens is 369 g/mol. The molecule has 0 aliphatic rings. The van der Waals surface area contributed by atoms with Gasteiger partial charge in [-0.1, -0.05) is 35.9 Å². The lowest BCUT2D eigenvalue weighted by Gasteiger charge is -2.11. The van der Waals surface area contributed by atoms with Crippen LogP contribution in [0.4, 0.5) is 4.39 Å². The van der Waals surface area contributed by atoms with Crippen LogP contribution >= 0.6 is 11.6 Å². The molecule has 0 amide bonds. The van der Waals surface area contributed by atoms with Gasteiger partial charge < -0.3 is 9.72 Å². The van der Waals surface area contributed by atoms with Crippen molar-refractivity contribution in [2.75, 3.05) is 0 Å². The number of halogens is 2. The molecule has 0 fully saturated rings. The molecule has 3 aromatic rings. The second kappa shape index (κ2) is 7.76. The smallest absolute Gasteiger partial charge is 0.331 e. The highest BCUT2D eigenvalue weighted by atomic mass is 35.5. The molecule has 138 valence electrons. The third-order valence-electron chi connectivity index (χ3n) is 4.19. The zero-order valence-corrected chi connectivity index (χ0v) is 15.5. The Hall–Kier alpha value is -2.92. The van der Waals surface area contributed by atoms with Gasteiger partial charge >= 0.3 is 5.97 Å². The first kappa shape index (κ1) is 18.9. The Bertz CT molecular complexity index is 1030. The van der Waals surface area contributed by atoms with Gasteiger partial charge in [0.25, 0.3) is 0 Å². The van der Waals surface area contributed by atoms with Crippen molar-refractivity contribution in [3.63, 3.8) is 0 Å². The van der Waals surface area contributed by atoms with Gasteiger partial charge in [-0.3, -0.25) is 4.79 Å². The number of aromatic nitrogens is 1. The number of para-hydroxylation sites is 1. The van der Waals surface area contributed by atoms with Crippen LogP contribution < -0.4 is 0 Å². The number of carbonyl (C=O) groups excluding carboxylic acids is 2. The van der Waals surface area contributed by atoms with Crippen LogP contribution in [0.1, 0.15) is 28.5 Å². The van der Waals surface area contributed by atoms with E-state index in [1.54, 1.807) is 6.92 Å². The number of H-pyrrole nitrogens is 1. The number of fused-ring (bicyclic) bond motifs is 1. The molecule has 0 aliphatic heterocycles. The molecule has 0 saturated heterocycles. The van der Waals surface area contributed by atoms with Gasteiger partial charge in [-0.25, -0.2) is 9.18 Å². The van der Waals surface area contributed by atoms with Crippen LogP contribution in [0.25, 0.3) is 17.0 Å². The number of benzene rings is 2. The summed E-state index contributed by atoms with van der Waals surface area (Å²) in [6.45, 7) is 3.30. The first-order valence-corrected chi connectivity index (χ1v) is 8.70. The minimum Gasteiger partial charge on any atom is -0.451 e. The molecule has 1 heterocycles. The molecule has 3 rings (SSSR count). The van der Waals surface area contributed by atoms with E-state index in [9.17, 15) is 14.0 Å². The second-order valence-corrected chi connectivity index (χ2v) is 6.49. The lowest BCUT2D eigenvalue weighted by atomic mass is 10.0. The molecular formula is C21H17ClFNO3. The van der Waals surface area contributed by atoms with Crippen molar-refractivity contribution in [3.8, 4) is 0 Å². The van der Waals surface area contributed by atoms with Gasteiger partial charge in [0.2, 0.25) is 5.78 Å². The zero-order chi connectivity index (χ0) is 19.6. The molecule has 1 aromatic heterocycles. The van der Waals surface area contributed by atoms with E-state index in [0.717, 1.165) is 17.0 Å². The number of aryl methyl sites for hydroxylation is 1. The molecule has 0 saturated carbocycles. The molecule has 0 radical (unpaired) electrons. The number of hydrogen-bond acceptors (Lipinski definition) is 3. The van der Waals surface area contributed by atoms with Crippen molar-refractivity contribution >= 4 is 40.3 Å². The maximum atomic E-state index is 13.7. The number of rotatable bonds is 5. The van der Waals surface area contributed by atoms with Crippen LogP contribution in [0.2, 0.25) is 5.02 Å². The molecule has 0 aliphatic carbocycles. The van der Waals surface area contributed by atoms with Crippen molar-refractivity contribution in [2.24, 2.45) is 0 Å². The zero-order valence-electron chi connectivity index (χ0n) is 14.8. The summed E-state index contributed by atoms with van der Waals surface area (Å²) in [5, 5.41) is 0.953. The first-order chi connectivity index (χ1) is 12.9. The van der Waals surface area contributed by atoms with Crippen LogP contribution in [-0.4, -0.2) is 22.8 Å². The number of Topliss-reactive ketones (excluding diaryl/α,β-unsaturated/α-hetero) is 1. The number of ketones is 1. The molecule has 6 heteroatoms. The number of ether oxygens (including phenoxy) is 1. The standard InChI is InChI=1S/C21H17ClFNO3/c1-12-20(15-6-3-4-9-18(15)24-12)21(26)13(2)27-19(25)11-10-14-16(22)7-5-8-17(14)23/h3-11,13,24H,1-2H3/b11-10+/t13-/m1/s1. The monoisotopic (exact) mass is 385 g/mol. The summed E-state index contributed by atoms with van der Waals surface area (Å²) in [5.74, 6) is -1.62. The number of esters is 1. The molecule has 0 spiro atoms. The fraction of sp³-hybridized carbons (Fsp3) is 0.143. The minimum atomic E-state index is -0.990. The Balaban J connectivity index is 1.75. The number of hydrogen-bond donors (Lipinski definition) is 1. The maximum absolute atomic E-state index is 13.7. The van der Waals surface area contributed by atoms with Gasteiger partial charge in [-0.15, -0.1) is 0 Å². The van der Waals surface area contributed by atoms with Crippen LogP contribution in [0.15, 0.2) is 48.5 Å². The van der Waals surface area contributed by atoms with Crippen LogP contribution in [0.3, 0.4) is 0 Å². The number of carbonyl (C=O) groups is 2. The molecule has 2 aromatic carbocycles. The number of nitrogens with one attached hydrogen (secondary N) is 1. The Morgan fingerprint density at radius 1 is 1.19 bits per heavy atom. The number of aromatic amines is 1. The van der Waals surface area contributed by atoms with E-state index in [1.165, 1.54) is 31.2 Å². The lowest BCUT2D eigenvalue weighted by Crippen LogP contribution is -2.24. The van der Waals surface area contributed by atoms with E-state index >= 15 is 0 Å². The van der Waals surface area contributed by atoms with E-state index in [-0.39, 0.29) is 16.4 Å². The first-order valence-electron chi connectivity index (χ1n) is 8.32. The third kappa shape index (κ3) is 3.93. The largest absolute Gasteiger partial charge is 0.451 e. The van der Waals surface area contributed by atoms with Gasteiger partial charge in [0.05, 0.1) is 5.02 Å². The van der Waals surface area contributed by atoms with Crippen molar-refractivity contribution in [2.45, 2.75) is 20.0 Å². The van der Waals surface area contributed by atoms with Gasteiger partial charge in [0.1, 0.15) is 5.82 Å². The fourth-order valence-corrected chi connectivity index (χ4v) is 3.11. The van der Waals surface area contributed by atoms with Crippen LogP contribution in [0.5, 0.6) is 0 Å². The predicted octanol–water partition coefficient (Wildman–Crippen LogP) is 5.10. The van der Waals surface area contributed by atoms with E-state index in [2.05, 4.69) is 4.98 Å². The Morgan fingerprint density at radius 2 is 1.93 bits per heavy atom. The van der Waals surface area contributed by atoms with Gasteiger partial charge in [-0.2, -0.15) is 0 Å². The van der Waals surface area contributed by atoms with E-state index in [4.69, 9.17) is 16.3 Å². The second-order valence-electron chi connectivity index (χ2n) is 6.08. The van der Waals surface area contributed by atoms with E-state index in [1.807, 2.05) is 24.3 Å². The molecule has 27 heavy (non-hydrogen) atoms.